The molecule has 0 saturated carbocycles. The Balaban J connectivity index is 2.29. The molecule has 1 N–H and O–H groups in total. The highest BCUT2D eigenvalue weighted by Gasteiger charge is 2.42. The van der Waals surface area contributed by atoms with Gasteiger partial charge in [0.1, 0.15) is 5.82 Å². The van der Waals surface area contributed by atoms with E-state index in [1.807, 2.05) is 13.8 Å². The fourth-order valence-electron chi connectivity index (χ4n) is 2.75. The SMILES string of the molecule is CCN(C(=O)C1(CC)CCNC1)c1cccc(F)c1. The summed E-state index contributed by atoms with van der Waals surface area (Å²) in [6.07, 6.45) is 1.67. The van der Waals surface area contributed by atoms with Crippen LogP contribution in [0.5, 0.6) is 0 Å². The summed E-state index contributed by atoms with van der Waals surface area (Å²) >= 11 is 0. The first kappa shape index (κ1) is 14.0. The largest absolute Gasteiger partial charge is 0.316 e. The summed E-state index contributed by atoms with van der Waals surface area (Å²) in [5.41, 5.74) is 0.315. The highest BCUT2D eigenvalue weighted by Crippen LogP contribution is 2.33. The van der Waals surface area contributed by atoms with Gasteiger partial charge in [0.25, 0.3) is 0 Å². The Kier molecular flexibility index (Phi) is 4.20. The fourth-order valence-corrected chi connectivity index (χ4v) is 2.75. The van der Waals surface area contributed by atoms with Crippen molar-refractivity contribution in [1.82, 2.24) is 5.32 Å². The zero-order valence-corrected chi connectivity index (χ0v) is 11.6. The molecule has 104 valence electrons. The van der Waals surface area contributed by atoms with E-state index in [-0.39, 0.29) is 17.1 Å². The van der Waals surface area contributed by atoms with Gasteiger partial charge in [-0.05, 0) is 44.5 Å². The van der Waals surface area contributed by atoms with Crippen molar-refractivity contribution >= 4 is 11.6 Å². The van der Waals surface area contributed by atoms with Crippen LogP contribution >= 0.6 is 0 Å². The number of amides is 1. The summed E-state index contributed by atoms with van der Waals surface area (Å²) in [6.45, 7) is 6.12. The topological polar surface area (TPSA) is 32.3 Å². The molecule has 1 aliphatic rings. The third kappa shape index (κ3) is 2.63. The monoisotopic (exact) mass is 264 g/mol. The van der Waals surface area contributed by atoms with Gasteiger partial charge in [0.15, 0.2) is 0 Å². The van der Waals surface area contributed by atoms with Crippen LogP contribution in [-0.4, -0.2) is 25.5 Å². The predicted molar refractivity (Wildman–Crippen MR) is 74.6 cm³/mol. The van der Waals surface area contributed by atoms with Crippen molar-refractivity contribution < 1.29 is 9.18 Å². The van der Waals surface area contributed by atoms with Crippen LogP contribution in [0, 0.1) is 11.2 Å². The van der Waals surface area contributed by atoms with Crippen molar-refractivity contribution in [3.8, 4) is 0 Å². The van der Waals surface area contributed by atoms with Gasteiger partial charge in [-0.1, -0.05) is 13.0 Å². The number of hydrogen-bond donors (Lipinski definition) is 1. The highest BCUT2D eigenvalue weighted by atomic mass is 19.1. The molecule has 0 aromatic heterocycles. The number of rotatable bonds is 4. The van der Waals surface area contributed by atoms with E-state index in [0.29, 0.717) is 18.8 Å². The standard InChI is InChI=1S/C15H21FN2O/c1-3-15(8-9-17-11-15)14(19)18(4-2)13-7-5-6-12(16)10-13/h5-7,10,17H,3-4,8-9,11H2,1-2H3. The average Bonchev–Trinajstić information content (AvgIpc) is 2.89. The van der Waals surface area contributed by atoms with Gasteiger partial charge in [-0.2, -0.15) is 0 Å². The molecule has 0 aliphatic carbocycles. The fraction of sp³-hybridized carbons (Fsp3) is 0.533. The van der Waals surface area contributed by atoms with Crippen molar-refractivity contribution in [2.24, 2.45) is 5.41 Å². The average molecular weight is 264 g/mol. The van der Waals surface area contributed by atoms with Crippen molar-refractivity contribution in [2.45, 2.75) is 26.7 Å². The molecule has 1 aliphatic heterocycles. The summed E-state index contributed by atoms with van der Waals surface area (Å²) in [7, 11) is 0. The van der Waals surface area contributed by atoms with Gasteiger partial charge >= 0.3 is 0 Å². The lowest BCUT2D eigenvalue weighted by Crippen LogP contribution is -2.45. The van der Waals surface area contributed by atoms with Gasteiger partial charge in [-0.3, -0.25) is 4.79 Å². The first-order valence-electron chi connectivity index (χ1n) is 6.91. The number of carbonyl (C=O) groups excluding carboxylic acids is 1. The number of benzene rings is 1. The Morgan fingerprint density at radius 1 is 1.47 bits per heavy atom. The van der Waals surface area contributed by atoms with Crippen LogP contribution in [0.2, 0.25) is 0 Å². The van der Waals surface area contributed by atoms with E-state index in [9.17, 15) is 9.18 Å². The maximum atomic E-state index is 13.3. The van der Waals surface area contributed by atoms with Crippen molar-refractivity contribution in [2.75, 3.05) is 24.5 Å². The minimum Gasteiger partial charge on any atom is -0.316 e. The summed E-state index contributed by atoms with van der Waals surface area (Å²) in [4.78, 5) is 14.5. The molecular formula is C15H21FN2O. The number of anilines is 1. The number of halogens is 1. The Bertz CT molecular complexity index is 455. The van der Waals surface area contributed by atoms with E-state index < -0.39 is 0 Å². The van der Waals surface area contributed by atoms with Crippen molar-refractivity contribution in [1.29, 1.82) is 0 Å². The maximum Gasteiger partial charge on any atom is 0.234 e. The van der Waals surface area contributed by atoms with Crippen molar-refractivity contribution in [3.05, 3.63) is 30.1 Å². The highest BCUT2D eigenvalue weighted by molar-refractivity contribution is 5.98. The molecule has 1 heterocycles. The van der Waals surface area contributed by atoms with Crippen LogP contribution < -0.4 is 10.2 Å². The van der Waals surface area contributed by atoms with Gasteiger partial charge in [0.05, 0.1) is 5.41 Å². The lowest BCUT2D eigenvalue weighted by Gasteiger charge is -2.32. The molecule has 1 aromatic carbocycles. The first-order chi connectivity index (χ1) is 9.13. The van der Waals surface area contributed by atoms with E-state index >= 15 is 0 Å². The van der Waals surface area contributed by atoms with Crippen LogP contribution in [-0.2, 0) is 4.79 Å². The molecule has 1 saturated heterocycles. The normalized spacial score (nSPS) is 22.5. The summed E-state index contributed by atoms with van der Waals surface area (Å²) in [5.74, 6) is -0.202. The molecular weight excluding hydrogens is 243 g/mol. The molecule has 1 aromatic rings. The zero-order valence-electron chi connectivity index (χ0n) is 11.6. The minimum absolute atomic E-state index is 0.105. The van der Waals surface area contributed by atoms with Crippen LogP contribution in [0.25, 0.3) is 0 Å². The molecule has 4 heteroatoms. The lowest BCUT2D eigenvalue weighted by atomic mass is 9.82. The van der Waals surface area contributed by atoms with Crippen LogP contribution in [0.4, 0.5) is 10.1 Å². The molecule has 1 amide bonds. The summed E-state index contributed by atoms with van der Waals surface area (Å²) < 4.78 is 13.3. The number of hydrogen-bond acceptors (Lipinski definition) is 2. The van der Waals surface area contributed by atoms with Crippen LogP contribution in [0.1, 0.15) is 26.7 Å². The number of nitrogens with one attached hydrogen (secondary N) is 1. The molecule has 0 spiro atoms. The Morgan fingerprint density at radius 2 is 2.26 bits per heavy atom. The van der Waals surface area contributed by atoms with E-state index in [2.05, 4.69) is 5.32 Å². The van der Waals surface area contributed by atoms with E-state index in [0.717, 1.165) is 19.4 Å². The smallest absolute Gasteiger partial charge is 0.234 e. The van der Waals surface area contributed by atoms with Gasteiger partial charge in [-0.25, -0.2) is 4.39 Å². The second-order valence-corrected chi connectivity index (χ2v) is 5.09. The maximum absolute atomic E-state index is 13.3. The van der Waals surface area contributed by atoms with E-state index in [4.69, 9.17) is 0 Å². The second kappa shape index (κ2) is 5.70. The number of carbonyl (C=O) groups is 1. The summed E-state index contributed by atoms with van der Waals surface area (Å²) in [5, 5.41) is 3.27. The molecule has 2 rings (SSSR count). The van der Waals surface area contributed by atoms with Gasteiger partial charge < -0.3 is 10.2 Å². The van der Waals surface area contributed by atoms with Gasteiger partial charge in [0.2, 0.25) is 5.91 Å². The zero-order chi connectivity index (χ0) is 13.9. The van der Waals surface area contributed by atoms with Gasteiger partial charge in [-0.15, -0.1) is 0 Å². The van der Waals surface area contributed by atoms with E-state index in [1.54, 1.807) is 17.0 Å². The minimum atomic E-state index is -0.331. The molecule has 3 nitrogen and oxygen atoms in total. The third-order valence-corrected chi connectivity index (χ3v) is 4.06. The Morgan fingerprint density at radius 3 is 2.79 bits per heavy atom. The Labute approximate surface area is 113 Å². The molecule has 1 unspecified atom stereocenters. The molecule has 1 fully saturated rings. The predicted octanol–water partition coefficient (Wildman–Crippen LogP) is 2.57. The number of nitrogens with zero attached hydrogens (tertiary/aromatic N) is 1. The van der Waals surface area contributed by atoms with Crippen LogP contribution in [0.3, 0.4) is 0 Å². The molecule has 1 atom stereocenters. The molecule has 19 heavy (non-hydrogen) atoms. The second-order valence-electron chi connectivity index (χ2n) is 5.09. The molecule has 0 bridgehead atoms. The summed E-state index contributed by atoms with van der Waals surface area (Å²) in [6, 6.07) is 6.25. The van der Waals surface area contributed by atoms with Crippen LogP contribution in [0.15, 0.2) is 24.3 Å². The first-order valence-corrected chi connectivity index (χ1v) is 6.91. The van der Waals surface area contributed by atoms with Crippen molar-refractivity contribution in [3.63, 3.8) is 0 Å². The van der Waals surface area contributed by atoms with Gasteiger partial charge in [0, 0.05) is 18.8 Å². The molecule has 0 radical (unpaired) electrons. The third-order valence-electron chi connectivity index (χ3n) is 4.06. The van der Waals surface area contributed by atoms with E-state index in [1.165, 1.54) is 12.1 Å². The quantitative estimate of drug-likeness (QED) is 0.906. The Hall–Kier alpha value is -1.42. The lowest BCUT2D eigenvalue weighted by molar-refractivity contribution is -0.127.